The number of amides is 1. The van der Waals surface area contributed by atoms with Gasteiger partial charge in [-0.2, -0.15) is 0 Å². The summed E-state index contributed by atoms with van der Waals surface area (Å²) in [5, 5.41) is 0. The van der Waals surface area contributed by atoms with E-state index in [-0.39, 0.29) is 12.8 Å². The molecule has 4 rings (SSSR count). The molecule has 6 heteroatoms. The summed E-state index contributed by atoms with van der Waals surface area (Å²) in [4.78, 5) is 27.4. The SMILES string of the molecule is CCCc1cc(C2CC(CCN(C=O)c3ccccc3CC)N(CC=O)C2)cc2c1OCO2. The van der Waals surface area contributed by atoms with Crippen LogP contribution in [0.3, 0.4) is 0 Å². The number of ether oxygens (including phenoxy) is 2. The van der Waals surface area contributed by atoms with Gasteiger partial charge in [0, 0.05) is 24.8 Å². The Morgan fingerprint density at radius 2 is 1.97 bits per heavy atom. The third kappa shape index (κ3) is 5.06. The number of aldehydes is 1. The molecule has 2 aromatic carbocycles. The number of benzene rings is 2. The highest BCUT2D eigenvalue weighted by Crippen LogP contribution is 2.42. The van der Waals surface area contributed by atoms with Gasteiger partial charge in [0.1, 0.15) is 6.29 Å². The van der Waals surface area contributed by atoms with E-state index in [9.17, 15) is 9.59 Å². The van der Waals surface area contributed by atoms with Gasteiger partial charge in [-0.05, 0) is 60.4 Å². The molecule has 0 N–H and O–H groups in total. The monoisotopic (exact) mass is 450 g/mol. The van der Waals surface area contributed by atoms with E-state index in [0.717, 1.165) is 68.5 Å². The molecule has 0 aromatic heterocycles. The highest BCUT2D eigenvalue weighted by Gasteiger charge is 2.34. The van der Waals surface area contributed by atoms with Crippen molar-refractivity contribution in [1.29, 1.82) is 0 Å². The lowest BCUT2D eigenvalue weighted by molar-refractivity contribution is -0.109. The lowest BCUT2D eigenvalue weighted by Gasteiger charge is -2.26. The molecule has 176 valence electrons. The van der Waals surface area contributed by atoms with Gasteiger partial charge in [0.25, 0.3) is 0 Å². The van der Waals surface area contributed by atoms with E-state index in [0.29, 0.717) is 19.0 Å². The Hall–Kier alpha value is -2.86. The van der Waals surface area contributed by atoms with Crippen molar-refractivity contribution in [3.63, 3.8) is 0 Å². The van der Waals surface area contributed by atoms with Crippen LogP contribution in [0, 0.1) is 0 Å². The van der Waals surface area contributed by atoms with Crippen molar-refractivity contribution in [3.8, 4) is 11.5 Å². The zero-order valence-electron chi connectivity index (χ0n) is 19.7. The number of carbonyl (C=O) groups excluding carboxylic acids is 2. The van der Waals surface area contributed by atoms with E-state index in [1.165, 1.54) is 16.7 Å². The first-order valence-corrected chi connectivity index (χ1v) is 12.1. The van der Waals surface area contributed by atoms with Gasteiger partial charge in [-0.15, -0.1) is 0 Å². The van der Waals surface area contributed by atoms with Crippen molar-refractivity contribution in [2.45, 2.75) is 57.9 Å². The Morgan fingerprint density at radius 3 is 2.73 bits per heavy atom. The van der Waals surface area contributed by atoms with E-state index in [4.69, 9.17) is 9.47 Å². The van der Waals surface area contributed by atoms with Crippen LogP contribution in [0.4, 0.5) is 5.69 Å². The smallest absolute Gasteiger partial charge is 0.231 e. The molecule has 0 aliphatic carbocycles. The standard InChI is InChI=1S/C27H34N2O4/c1-3-7-21-14-22(16-26-27(21)33-19-32-26)23-15-24(28(17-23)12-13-30)10-11-29(18-31)25-9-6-5-8-20(25)4-2/h5-6,8-9,13-14,16,18,23-24H,3-4,7,10-12,15,17,19H2,1-2H3. The lowest BCUT2D eigenvalue weighted by atomic mass is 9.92. The first-order valence-electron chi connectivity index (χ1n) is 12.1. The number of anilines is 1. The van der Waals surface area contributed by atoms with Crippen LogP contribution in [0.5, 0.6) is 11.5 Å². The number of aryl methyl sites for hydroxylation is 2. The first kappa shape index (κ1) is 23.3. The van der Waals surface area contributed by atoms with Crippen molar-refractivity contribution in [2.75, 3.05) is 31.3 Å². The van der Waals surface area contributed by atoms with Gasteiger partial charge in [-0.1, -0.05) is 44.5 Å². The summed E-state index contributed by atoms with van der Waals surface area (Å²) in [6.07, 6.45) is 6.59. The maximum atomic E-state index is 11.9. The molecule has 2 aromatic rings. The second-order valence-electron chi connectivity index (χ2n) is 8.94. The summed E-state index contributed by atoms with van der Waals surface area (Å²) in [6.45, 7) is 6.44. The molecular weight excluding hydrogens is 416 g/mol. The molecule has 1 fully saturated rings. The number of carbonyl (C=O) groups is 2. The summed E-state index contributed by atoms with van der Waals surface area (Å²) < 4.78 is 11.4. The number of hydrogen-bond donors (Lipinski definition) is 0. The van der Waals surface area contributed by atoms with Crippen molar-refractivity contribution in [3.05, 3.63) is 53.1 Å². The first-order chi connectivity index (χ1) is 16.2. The second kappa shape index (κ2) is 10.8. The molecule has 1 saturated heterocycles. The second-order valence-corrected chi connectivity index (χ2v) is 8.94. The number of hydrogen-bond acceptors (Lipinski definition) is 5. The topological polar surface area (TPSA) is 59.1 Å². The van der Waals surface area contributed by atoms with Crippen LogP contribution >= 0.6 is 0 Å². The molecule has 2 aliphatic rings. The minimum absolute atomic E-state index is 0.247. The van der Waals surface area contributed by atoms with E-state index in [1.54, 1.807) is 0 Å². The molecule has 0 bridgehead atoms. The fourth-order valence-electron chi connectivity index (χ4n) is 5.25. The van der Waals surface area contributed by atoms with E-state index >= 15 is 0 Å². The minimum Gasteiger partial charge on any atom is -0.454 e. The molecule has 33 heavy (non-hydrogen) atoms. The molecule has 2 aliphatic heterocycles. The highest BCUT2D eigenvalue weighted by molar-refractivity contribution is 5.77. The van der Waals surface area contributed by atoms with Gasteiger partial charge >= 0.3 is 0 Å². The van der Waals surface area contributed by atoms with Crippen molar-refractivity contribution in [1.82, 2.24) is 4.90 Å². The number of rotatable bonds is 11. The van der Waals surface area contributed by atoms with E-state index in [2.05, 4.69) is 36.9 Å². The maximum Gasteiger partial charge on any atom is 0.231 e. The van der Waals surface area contributed by atoms with Crippen molar-refractivity contribution >= 4 is 18.4 Å². The van der Waals surface area contributed by atoms with Crippen LogP contribution in [0.1, 0.15) is 55.7 Å². The third-order valence-electron chi connectivity index (χ3n) is 6.91. The Morgan fingerprint density at radius 1 is 1.12 bits per heavy atom. The number of fused-ring (bicyclic) bond motifs is 1. The summed E-state index contributed by atoms with van der Waals surface area (Å²) in [6, 6.07) is 12.7. The van der Waals surface area contributed by atoms with Gasteiger partial charge in [0.2, 0.25) is 13.2 Å². The molecule has 6 nitrogen and oxygen atoms in total. The van der Waals surface area contributed by atoms with Gasteiger partial charge in [0.05, 0.1) is 6.54 Å². The van der Waals surface area contributed by atoms with Gasteiger partial charge in [-0.25, -0.2) is 0 Å². The van der Waals surface area contributed by atoms with E-state index in [1.807, 2.05) is 23.1 Å². The number of nitrogens with zero attached hydrogens (tertiary/aromatic N) is 2. The maximum absolute atomic E-state index is 11.9. The summed E-state index contributed by atoms with van der Waals surface area (Å²) in [5.74, 6) is 2.05. The van der Waals surface area contributed by atoms with Crippen LogP contribution < -0.4 is 14.4 Å². The number of likely N-dealkylation sites (tertiary alicyclic amines) is 1. The fourth-order valence-corrected chi connectivity index (χ4v) is 5.25. The average Bonchev–Trinajstić information content (AvgIpc) is 3.47. The Labute approximate surface area is 196 Å². The molecule has 2 atom stereocenters. The highest BCUT2D eigenvalue weighted by atomic mass is 16.7. The normalized spacial score (nSPS) is 19.6. The predicted molar refractivity (Wildman–Crippen MR) is 129 cm³/mol. The summed E-state index contributed by atoms with van der Waals surface area (Å²) >= 11 is 0. The Kier molecular flexibility index (Phi) is 7.65. The molecular formula is C27H34N2O4. The molecule has 2 unspecified atom stereocenters. The van der Waals surface area contributed by atoms with Crippen LogP contribution in [-0.4, -0.2) is 50.1 Å². The molecule has 0 saturated carbocycles. The average molecular weight is 451 g/mol. The Balaban J connectivity index is 1.50. The van der Waals surface area contributed by atoms with Crippen molar-refractivity contribution in [2.24, 2.45) is 0 Å². The van der Waals surface area contributed by atoms with Crippen LogP contribution in [0.15, 0.2) is 36.4 Å². The molecule has 0 radical (unpaired) electrons. The zero-order chi connectivity index (χ0) is 23.2. The van der Waals surface area contributed by atoms with Gasteiger partial charge in [-0.3, -0.25) is 9.69 Å². The molecule has 2 heterocycles. The van der Waals surface area contributed by atoms with Crippen molar-refractivity contribution < 1.29 is 19.1 Å². The fraction of sp³-hybridized carbons (Fsp3) is 0.481. The summed E-state index contributed by atoms with van der Waals surface area (Å²) in [5.41, 5.74) is 4.61. The quantitative estimate of drug-likeness (QED) is 0.477. The van der Waals surface area contributed by atoms with Crippen LogP contribution in [0.25, 0.3) is 0 Å². The third-order valence-corrected chi connectivity index (χ3v) is 6.91. The Bertz CT molecular complexity index is 977. The van der Waals surface area contributed by atoms with Gasteiger partial charge in [0.15, 0.2) is 11.5 Å². The minimum atomic E-state index is 0.247. The molecule has 0 spiro atoms. The zero-order valence-corrected chi connectivity index (χ0v) is 19.7. The number of para-hydroxylation sites is 1. The largest absolute Gasteiger partial charge is 0.454 e. The van der Waals surface area contributed by atoms with Crippen LogP contribution in [-0.2, 0) is 22.4 Å². The van der Waals surface area contributed by atoms with E-state index < -0.39 is 0 Å². The van der Waals surface area contributed by atoms with Crippen LogP contribution in [0.2, 0.25) is 0 Å². The lowest BCUT2D eigenvalue weighted by Crippen LogP contribution is -2.35. The van der Waals surface area contributed by atoms with Gasteiger partial charge < -0.3 is 19.2 Å². The predicted octanol–water partition coefficient (Wildman–Crippen LogP) is 4.34. The summed E-state index contributed by atoms with van der Waals surface area (Å²) in [7, 11) is 0. The molecule has 1 amide bonds.